The van der Waals surface area contributed by atoms with Gasteiger partial charge in [-0.15, -0.1) is 0 Å². The first-order valence-electron chi connectivity index (χ1n) is 7.65. The third-order valence-corrected chi connectivity index (χ3v) is 5.28. The molecule has 1 aliphatic heterocycles. The molecular weight excluding hydrogens is 286 g/mol. The Hall–Kier alpha value is -1.11. The highest BCUT2D eigenvalue weighted by atomic mass is 32.2. The minimum Gasteiger partial charge on any atom is -0.367 e. The Labute approximate surface area is 126 Å². The van der Waals surface area contributed by atoms with Gasteiger partial charge in [-0.1, -0.05) is 12.1 Å². The molecule has 1 saturated carbocycles. The number of piperidine rings is 1. The molecule has 0 aromatic heterocycles. The maximum atomic E-state index is 11.8. The van der Waals surface area contributed by atoms with Crippen LogP contribution in [0.15, 0.2) is 29.2 Å². The average molecular weight is 309 g/mol. The molecule has 6 heteroatoms. The summed E-state index contributed by atoms with van der Waals surface area (Å²) in [5.74, 6) is 0.577. The monoisotopic (exact) mass is 309 g/mol. The highest BCUT2D eigenvalue weighted by Gasteiger charge is 2.33. The second-order valence-electron chi connectivity index (χ2n) is 6.11. The van der Waals surface area contributed by atoms with Gasteiger partial charge in [-0.2, -0.15) is 0 Å². The van der Waals surface area contributed by atoms with Crippen LogP contribution in [0.5, 0.6) is 0 Å². The molecule has 1 atom stereocenters. The minimum absolute atomic E-state index is 0.251. The zero-order valence-corrected chi connectivity index (χ0v) is 13.0. The Balaban J connectivity index is 1.87. The molecule has 1 aromatic rings. The van der Waals surface area contributed by atoms with Crippen LogP contribution in [-0.4, -0.2) is 34.1 Å². The number of primary sulfonamides is 1. The molecule has 3 N–H and O–H groups in total. The van der Waals surface area contributed by atoms with Crippen LogP contribution < -0.4 is 15.4 Å². The molecule has 1 unspecified atom stereocenters. The number of para-hydroxylation sites is 1. The number of nitrogens with zero attached hydrogens (tertiary/aromatic N) is 1. The van der Waals surface area contributed by atoms with E-state index in [1.165, 1.54) is 12.8 Å². The summed E-state index contributed by atoms with van der Waals surface area (Å²) in [6, 6.07) is 7.58. The van der Waals surface area contributed by atoms with Gasteiger partial charge in [0.15, 0.2) is 0 Å². The molecule has 0 radical (unpaired) electrons. The lowest BCUT2D eigenvalue weighted by Gasteiger charge is -2.32. The SMILES string of the molecule is NS(=O)(=O)c1ccccc1N(CC1CCCNC1)C1CC1. The Kier molecular flexibility index (Phi) is 4.19. The summed E-state index contributed by atoms with van der Waals surface area (Å²) in [4.78, 5) is 2.51. The quantitative estimate of drug-likeness (QED) is 0.860. The fraction of sp³-hybridized carbons (Fsp3) is 0.600. The fourth-order valence-corrected chi connectivity index (χ4v) is 3.87. The molecule has 5 nitrogen and oxygen atoms in total. The van der Waals surface area contributed by atoms with Gasteiger partial charge in [0.05, 0.1) is 5.69 Å². The number of sulfonamides is 1. The highest BCUT2D eigenvalue weighted by molar-refractivity contribution is 7.89. The first-order chi connectivity index (χ1) is 10.1. The van der Waals surface area contributed by atoms with Crippen molar-refractivity contribution in [3.05, 3.63) is 24.3 Å². The molecule has 21 heavy (non-hydrogen) atoms. The molecule has 2 aliphatic rings. The van der Waals surface area contributed by atoms with Crippen LogP contribution in [0.4, 0.5) is 5.69 Å². The molecule has 116 valence electrons. The Bertz CT molecular complexity index is 593. The van der Waals surface area contributed by atoms with Gasteiger partial charge in [0, 0.05) is 12.6 Å². The third-order valence-electron chi connectivity index (χ3n) is 4.32. The van der Waals surface area contributed by atoms with E-state index in [0.717, 1.165) is 38.2 Å². The van der Waals surface area contributed by atoms with Gasteiger partial charge in [0.2, 0.25) is 10.0 Å². The number of anilines is 1. The molecular formula is C15H23N3O2S. The smallest absolute Gasteiger partial charge is 0.240 e. The number of hydrogen-bond acceptors (Lipinski definition) is 4. The summed E-state index contributed by atoms with van der Waals surface area (Å²) in [5.41, 5.74) is 0.771. The van der Waals surface area contributed by atoms with E-state index in [0.29, 0.717) is 12.0 Å². The van der Waals surface area contributed by atoms with Crippen molar-refractivity contribution in [2.45, 2.75) is 36.6 Å². The van der Waals surface area contributed by atoms with Crippen molar-refractivity contribution in [1.29, 1.82) is 0 Å². The van der Waals surface area contributed by atoms with Crippen LogP contribution >= 0.6 is 0 Å². The van der Waals surface area contributed by atoms with Crippen LogP contribution in [0.1, 0.15) is 25.7 Å². The number of nitrogens with one attached hydrogen (secondary N) is 1. The van der Waals surface area contributed by atoms with Gasteiger partial charge in [-0.3, -0.25) is 0 Å². The summed E-state index contributed by atoms with van der Waals surface area (Å²) in [6.45, 7) is 3.01. The van der Waals surface area contributed by atoms with Crippen LogP contribution in [0, 0.1) is 5.92 Å². The Morgan fingerprint density at radius 2 is 2.00 bits per heavy atom. The summed E-state index contributed by atoms with van der Waals surface area (Å²) in [5, 5.41) is 8.81. The number of hydrogen-bond donors (Lipinski definition) is 2. The van der Waals surface area contributed by atoms with Crippen molar-refractivity contribution in [3.63, 3.8) is 0 Å². The van der Waals surface area contributed by atoms with Gasteiger partial charge in [-0.05, 0) is 56.8 Å². The van der Waals surface area contributed by atoms with Crippen molar-refractivity contribution >= 4 is 15.7 Å². The maximum absolute atomic E-state index is 11.8. The predicted molar refractivity (Wildman–Crippen MR) is 83.8 cm³/mol. The third kappa shape index (κ3) is 3.56. The largest absolute Gasteiger partial charge is 0.367 e. The van der Waals surface area contributed by atoms with Crippen molar-refractivity contribution in [1.82, 2.24) is 5.32 Å². The molecule has 0 bridgehead atoms. The van der Waals surface area contributed by atoms with Crippen LogP contribution in [-0.2, 0) is 10.0 Å². The fourth-order valence-electron chi connectivity index (χ4n) is 3.12. The van der Waals surface area contributed by atoms with E-state index in [-0.39, 0.29) is 4.90 Å². The number of nitrogens with two attached hydrogens (primary N) is 1. The number of rotatable bonds is 5. The van der Waals surface area contributed by atoms with Crippen molar-refractivity contribution < 1.29 is 8.42 Å². The lowest BCUT2D eigenvalue weighted by molar-refractivity contribution is 0.375. The van der Waals surface area contributed by atoms with E-state index in [1.54, 1.807) is 12.1 Å². The summed E-state index contributed by atoms with van der Waals surface area (Å²) >= 11 is 0. The molecule has 0 amide bonds. The molecule has 1 saturated heterocycles. The highest BCUT2D eigenvalue weighted by Crippen LogP contribution is 2.36. The van der Waals surface area contributed by atoms with E-state index < -0.39 is 10.0 Å². The molecule has 0 spiro atoms. The van der Waals surface area contributed by atoms with E-state index in [2.05, 4.69) is 10.2 Å². The second-order valence-corrected chi connectivity index (χ2v) is 7.64. The van der Waals surface area contributed by atoms with E-state index in [4.69, 9.17) is 5.14 Å². The Morgan fingerprint density at radius 3 is 2.62 bits per heavy atom. The molecule has 1 heterocycles. The first kappa shape index (κ1) is 14.8. The first-order valence-corrected chi connectivity index (χ1v) is 9.19. The van der Waals surface area contributed by atoms with Crippen molar-refractivity contribution in [2.24, 2.45) is 11.1 Å². The zero-order chi connectivity index (χ0) is 14.9. The van der Waals surface area contributed by atoms with Gasteiger partial charge in [0.1, 0.15) is 4.90 Å². The van der Waals surface area contributed by atoms with Crippen molar-refractivity contribution in [2.75, 3.05) is 24.5 Å². The lowest BCUT2D eigenvalue weighted by Crippen LogP contribution is -2.40. The average Bonchev–Trinajstić information content (AvgIpc) is 3.30. The van der Waals surface area contributed by atoms with E-state index in [9.17, 15) is 8.42 Å². The van der Waals surface area contributed by atoms with Gasteiger partial charge >= 0.3 is 0 Å². The number of benzene rings is 1. The summed E-state index contributed by atoms with van der Waals surface area (Å²) < 4.78 is 23.7. The van der Waals surface area contributed by atoms with E-state index >= 15 is 0 Å². The topological polar surface area (TPSA) is 75.4 Å². The maximum Gasteiger partial charge on any atom is 0.240 e. The summed E-state index contributed by atoms with van der Waals surface area (Å²) in [7, 11) is -3.68. The molecule has 2 fully saturated rings. The van der Waals surface area contributed by atoms with E-state index in [1.807, 2.05) is 12.1 Å². The standard InChI is InChI=1S/C15H23N3O2S/c16-21(19,20)15-6-2-1-5-14(15)18(13-7-8-13)11-12-4-3-9-17-10-12/h1-2,5-6,12-13,17H,3-4,7-11H2,(H2,16,19,20). The molecule has 1 aromatic carbocycles. The Morgan fingerprint density at radius 1 is 1.24 bits per heavy atom. The zero-order valence-electron chi connectivity index (χ0n) is 12.2. The second kappa shape index (κ2) is 5.94. The minimum atomic E-state index is -3.68. The van der Waals surface area contributed by atoms with Gasteiger partial charge in [0.25, 0.3) is 0 Å². The molecule has 3 rings (SSSR count). The summed E-state index contributed by atoms with van der Waals surface area (Å²) in [6.07, 6.45) is 4.67. The van der Waals surface area contributed by atoms with Crippen molar-refractivity contribution in [3.8, 4) is 0 Å². The lowest BCUT2D eigenvalue weighted by atomic mass is 9.98. The van der Waals surface area contributed by atoms with Gasteiger partial charge < -0.3 is 10.2 Å². The van der Waals surface area contributed by atoms with Crippen LogP contribution in [0.3, 0.4) is 0 Å². The predicted octanol–water partition coefficient (Wildman–Crippen LogP) is 1.30. The normalized spacial score (nSPS) is 23.0. The van der Waals surface area contributed by atoms with Crippen LogP contribution in [0.25, 0.3) is 0 Å². The van der Waals surface area contributed by atoms with Gasteiger partial charge in [-0.25, -0.2) is 13.6 Å². The van der Waals surface area contributed by atoms with Crippen LogP contribution in [0.2, 0.25) is 0 Å². The molecule has 1 aliphatic carbocycles.